The van der Waals surface area contributed by atoms with Crippen molar-refractivity contribution in [3.63, 3.8) is 0 Å². The van der Waals surface area contributed by atoms with Crippen LogP contribution in [0.5, 0.6) is 5.75 Å². The smallest absolute Gasteiger partial charge is 0.289 e. The van der Waals surface area contributed by atoms with Gasteiger partial charge < -0.3 is 19.0 Å². The Balaban J connectivity index is 1.37. The van der Waals surface area contributed by atoms with Crippen molar-refractivity contribution in [2.45, 2.75) is 19.8 Å². The molecule has 0 spiro atoms. The maximum atomic E-state index is 12.3. The van der Waals surface area contributed by atoms with E-state index in [1.807, 2.05) is 19.1 Å². The molecular weight excluding hydrogens is 368 g/mol. The number of hydrogen-bond acceptors (Lipinski definition) is 4. The third-order valence-corrected chi connectivity index (χ3v) is 5.01. The van der Waals surface area contributed by atoms with Crippen LogP contribution < -0.4 is 4.74 Å². The van der Waals surface area contributed by atoms with E-state index in [9.17, 15) is 9.59 Å². The van der Waals surface area contributed by atoms with Gasteiger partial charge in [0, 0.05) is 37.6 Å². The fourth-order valence-electron chi connectivity index (χ4n) is 2.99. The van der Waals surface area contributed by atoms with Gasteiger partial charge in [-0.3, -0.25) is 9.59 Å². The van der Waals surface area contributed by atoms with Crippen LogP contribution in [0.15, 0.2) is 41.0 Å². The molecule has 2 amide bonds. The van der Waals surface area contributed by atoms with Crippen molar-refractivity contribution in [2.24, 2.45) is 0 Å². The lowest BCUT2D eigenvalue weighted by Gasteiger charge is -2.34. The van der Waals surface area contributed by atoms with Gasteiger partial charge >= 0.3 is 0 Å². The first-order valence-corrected chi connectivity index (χ1v) is 9.42. The number of carbonyl (C=O) groups excluding carboxylic acids is 2. The minimum atomic E-state index is -0.126. The van der Waals surface area contributed by atoms with Crippen LogP contribution in [0.3, 0.4) is 0 Å². The molecule has 2 heterocycles. The van der Waals surface area contributed by atoms with Crippen LogP contribution >= 0.6 is 11.6 Å². The van der Waals surface area contributed by atoms with Crippen molar-refractivity contribution in [1.29, 1.82) is 0 Å². The fourth-order valence-corrected chi connectivity index (χ4v) is 3.11. The standard InChI is InChI=1S/C20H23ClN2O4/c1-15-14-16(6-7-17(15)21)26-12-3-5-19(24)22-8-10-23(11-9-22)20(25)18-4-2-13-27-18/h2,4,6-7,13-14H,3,5,8-12H2,1H3. The summed E-state index contributed by atoms with van der Waals surface area (Å²) in [6.07, 6.45) is 2.56. The molecule has 1 aromatic heterocycles. The van der Waals surface area contributed by atoms with Gasteiger partial charge in [-0.25, -0.2) is 0 Å². The number of benzene rings is 1. The summed E-state index contributed by atoms with van der Waals surface area (Å²) in [5.41, 5.74) is 0.965. The molecule has 0 aliphatic carbocycles. The first-order chi connectivity index (χ1) is 13.0. The fraction of sp³-hybridized carbons (Fsp3) is 0.400. The number of aryl methyl sites for hydroxylation is 1. The van der Waals surface area contributed by atoms with E-state index < -0.39 is 0 Å². The van der Waals surface area contributed by atoms with E-state index in [1.165, 1.54) is 6.26 Å². The number of carbonyl (C=O) groups is 2. The van der Waals surface area contributed by atoms with Crippen molar-refractivity contribution < 1.29 is 18.7 Å². The van der Waals surface area contributed by atoms with Gasteiger partial charge in [-0.1, -0.05) is 11.6 Å². The van der Waals surface area contributed by atoms with Gasteiger partial charge in [0.2, 0.25) is 5.91 Å². The molecule has 0 atom stereocenters. The van der Waals surface area contributed by atoms with E-state index >= 15 is 0 Å². The van der Waals surface area contributed by atoms with Crippen LogP contribution in [0.2, 0.25) is 5.02 Å². The van der Waals surface area contributed by atoms with Crippen molar-refractivity contribution in [3.05, 3.63) is 52.9 Å². The number of rotatable bonds is 6. The molecule has 3 rings (SSSR count). The Labute approximate surface area is 163 Å². The van der Waals surface area contributed by atoms with Crippen LogP contribution in [0.1, 0.15) is 29.0 Å². The average molecular weight is 391 g/mol. The van der Waals surface area contributed by atoms with Crippen molar-refractivity contribution in [3.8, 4) is 5.75 Å². The van der Waals surface area contributed by atoms with Gasteiger partial charge in [0.05, 0.1) is 12.9 Å². The highest BCUT2D eigenvalue weighted by Gasteiger charge is 2.25. The minimum absolute atomic E-state index is 0.0935. The number of hydrogen-bond donors (Lipinski definition) is 0. The lowest BCUT2D eigenvalue weighted by atomic mass is 10.2. The Morgan fingerprint density at radius 3 is 2.56 bits per heavy atom. The SMILES string of the molecule is Cc1cc(OCCCC(=O)N2CCN(C(=O)c3ccco3)CC2)ccc1Cl. The maximum absolute atomic E-state index is 12.3. The summed E-state index contributed by atoms with van der Waals surface area (Å²) in [6, 6.07) is 8.87. The molecule has 1 aliphatic rings. The summed E-state index contributed by atoms with van der Waals surface area (Å²) in [6.45, 7) is 4.53. The zero-order valence-electron chi connectivity index (χ0n) is 15.3. The zero-order valence-corrected chi connectivity index (χ0v) is 16.1. The first-order valence-electron chi connectivity index (χ1n) is 9.04. The lowest BCUT2D eigenvalue weighted by molar-refractivity contribution is -0.132. The molecule has 1 aliphatic heterocycles. The highest BCUT2D eigenvalue weighted by atomic mass is 35.5. The number of amides is 2. The highest BCUT2D eigenvalue weighted by Crippen LogP contribution is 2.21. The summed E-state index contributed by atoms with van der Waals surface area (Å²) in [4.78, 5) is 28.1. The van der Waals surface area contributed by atoms with E-state index in [4.69, 9.17) is 20.8 Å². The predicted molar refractivity (Wildman–Crippen MR) is 102 cm³/mol. The zero-order chi connectivity index (χ0) is 19.2. The quantitative estimate of drug-likeness (QED) is 0.709. The number of furan rings is 1. The molecule has 0 radical (unpaired) electrons. The van der Waals surface area contributed by atoms with E-state index in [1.54, 1.807) is 28.0 Å². The molecule has 27 heavy (non-hydrogen) atoms. The van der Waals surface area contributed by atoms with E-state index in [0.717, 1.165) is 11.3 Å². The molecule has 144 valence electrons. The Bertz CT molecular complexity index is 783. The number of nitrogens with zero attached hydrogens (tertiary/aromatic N) is 2. The molecule has 1 saturated heterocycles. The van der Waals surface area contributed by atoms with Crippen molar-refractivity contribution in [2.75, 3.05) is 32.8 Å². The summed E-state index contributed by atoms with van der Waals surface area (Å²) >= 11 is 5.99. The second kappa shape index (κ2) is 8.95. The Hall–Kier alpha value is -2.47. The van der Waals surface area contributed by atoms with Crippen LogP contribution in [-0.4, -0.2) is 54.4 Å². The van der Waals surface area contributed by atoms with Gasteiger partial charge in [-0.05, 0) is 49.2 Å². The molecule has 0 saturated carbocycles. The summed E-state index contributed by atoms with van der Waals surface area (Å²) < 4.78 is 10.8. The molecule has 7 heteroatoms. The Morgan fingerprint density at radius 1 is 1.15 bits per heavy atom. The van der Waals surface area contributed by atoms with Gasteiger partial charge in [-0.2, -0.15) is 0 Å². The topological polar surface area (TPSA) is 63.0 Å². The highest BCUT2D eigenvalue weighted by molar-refractivity contribution is 6.31. The average Bonchev–Trinajstić information content (AvgIpc) is 3.22. The Morgan fingerprint density at radius 2 is 1.89 bits per heavy atom. The van der Waals surface area contributed by atoms with Crippen LogP contribution in [0, 0.1) is 6.92 Å². The van der Waals surface area contributed by atoms with Crippen molar-refractivity contribution in [1.82, 2.24) is 9.80 Å². The maximum Gasteiger partial charge on any atom is 0.289 e. The second-order valence-electron chi connectivity index (χ2n) is 6.51. The van der Waals surface area contributed by atoms with Gasteiger partial charge in [0.1, 0.15) is 5.75 Å². The van der Waals surface area contributed by atoms with Crippen LogP contribution in [0.25, 0.3) is 0 Å². The number of halogens is 1. The molecule has 1 fully saturated rings. The molecule has 2 aromatic rings. The molecule has 1 aromatic carbocycles. The van der Waals surface area contributed by atoms with Gasteiger partial charge in [0.25, 0.3) is 5.91 Å². The van der Waals surface area contributed by atoms with Crippen LogP contribution in [-0.2, 0) is 4.79 Å². The van der Waals surface area contributed by atoms with Crippen molar-refractivity contribution >= 4 is 23.4 Å². The largest absolute Gasteiger partial charge is 0.494 e. The van der Waals surface area contributed by atoms with Gasteiger partial charge in [0.15, 0.2) is 5.76 Å². The molecular formula is C20H23ClN2O4. The molecule has 0 bridgehead atoms. The van der Waals surface area contributed by atoms with Gasteiger partial charge in [-0.15, -0.1) is 0 Å². The van der Waals surface area contributed by atoms with E-state index in [-0.39, 0.29) is 11.8 Å². The third-order valence-electron chi connectivity index (χ3n) is 4.58. The monoisotopic (exact) mass is 390 g/mol. The summed E-state index contributed by atoms with van der Waals surface area (Å²) in [5.74, 6) is 1.06. The summed E-state index contributed by atoms with van der Waals surface area (Å²) in [5, 5.41) is 0.710. The number of ether oxygens (including phenoxy) is 1. The third kappa shape index (κ3) is 5.04. The number of piperazine rings is 1. The normalized spacial score (nSPS) is 14.3. The lowest BCUT2D eigenvalue weighted by Crippen LogP contribution is -2.50. The molecule has 0 N–H and O–H groups in total. The van der Waals surface area contributed by atoms with Crippen LogP contribution in [0.4, 0.5) is 0 Å². The first kappa shape index (κ1) is 19.3. The Kier molecular flexibility index (Phi) is 6.40. The van der Waals surface area contributed by atoms with E-state index in [2.05, 4.69) is 0 Å². The van der Waals surface area contributed by atoms with E-state index in [0.29, 0.717) is 56.4 Å². The minimum Gasteiger partial charge on any atom is -0.494 e. The molecule has 0 unspecified atom stereocenters. The molecule has 6 nitrogen and oxygen atoms in total. The second-order valence-corrected chi connectivity index (χ2v) is 6.92. The summed E-state index contributed by atoms with van der Waals surface area (Å²) in [7, 11) is 0. The predicted octanol–water partition coefficient (Wildman–Crippen LogP) is 3.39.